The Morgan fingerprint density at radius 2 is 1.47 bits per heavy atom. The number of hydrogen-bond acceptors (Lipinski definition) is 9. The second-order valence-corrected chi connectivity index (χ2v) is 9.25. The molecule has 0 heterocycles. The lowest BCUT2D eigenvalue weighted by molar-refractivity contribution is -0.143. The van der Waals surface area contributed by atoms with Gasteiger partial charge in [0.25, 0.3) is 0 Å². The van der Waals surface area contributed by atoms with Gasteiger partial charge in [-0.2, -0.15) is 24.4 Å². The molecule has 0 aliphatic carbocycles. The van der Waals surface area contributed by atoms with Gasteiger partial charge in [0, 0.05) is 12.2 Å². The van der Waals surface area contributed by atoms with E-state index in [-0.39, 0.29) is 30.8 Å². The van der Waals surface area contributed by atoms with Crippen LogP contribution in [0.2, 0.25) is 0 Å². The maximum absolute atomic E-state index is 12.9. The number of nitrogens with two attached hydrogens (primary N) is 1. The van der Waals surface area contributed by atoms with Crippen LogP contribution in [0.4, 0.5) is 0 Å². The molecule has 0 aliphatic rings. The fraction of sp³-hybridized carbons (Fsp3) is 0.500. The third-order valence-electron chi connectivity index (χ3n) is 5.05. The van der Waals surface area contributed by atoms with Crippen molar-refractivity contribution in [2.75, 3.05) is 17.8 Å². The average molecular weight is 545 g/mol. The van der Waals surface area contributed by atoms with Gasteiger partial charge >= 0.3 is 11.9 Å². The molecular formula is C22H32N4O8S2. The predicted molar refractivity (Wildman–Crippen MR) is 137 cm³/mol. The number of carbonyl (C=O) groups excluding carboxylic acids is 3. The van der Waals surface area contributed by atoms with E-state index in [1.165, 1.54) is 23.9 Å². The van der Waals surface area contributed by atoms with E-state index in [1.807, 2.05) is 6.26 Å². The summed E-state index contributed by atoms with van der Waals surface area (Å²) in [6.45, 7) is 0. The summed E-state index contributed by atoms with van der Waals surface area (Å²) in [6.07, 6.45) is 1.41. The van der Waals surface area contributed by atoms with Crippen LogP contribution >= 0.6 is 24.4 Å². The Morgan fingerprint density at radius 1 is 0.917 bits per heavy atom. The minimum Gasteiger partial charge on any atom is -0.508 e. The van der Waals surface area contributed by atoms with E-state index in [0.717, 1.165) is 0 Å². The Kier molecular flexibility index (Phi) is 13.7. The summed E-state index contributed by atoms with van der Waals surface area (Å²) in [4.78, 5) is 60.2. The Balaban J connectivity index is 2.82. The minimum absolute atomic E-state index is 0.0740. The fourth-order valence-corrected chi connectivity index (χ4v) is 3.75. The van der Waals surface area contributed by atoms with Crippen LogP contribution in [0.15, 0.2) is 24.3 Å². The number of phenols is 1. The molecule has 0 saturated carbocycles. The zero-order valence-corrected chi connectivity index (χ0v) is 21.4. The lowest BCUT2D eigenvalue weighted by Gasteiger charge is -2.24. The number of carboxylic acids is 2. The smallest absolute Gasteiger partial charge is 0.326 e. The maximum Gasteiger partial charge on any atom is 0.326 e. The normalized spacial score (nSPS) is 14.1. The van der Waals surface area contributed by atoms with Crippen molar-refractivity contribution in [3.8, 4) is 5.75 Å². The highest BCUT2D eigenvalue weighted by molar-refractivity contribution is 7.98. The van der Waals surface area contributed by atoms with Crippen LogP contribution in [0.25, 0.3) is 0 Å². The number of carboxylic acid groups (broad SMARTS) is 2. The summed E-state index contributed by atoms with van der Waals surface area (Å²) < 4.78 is 0. The molecule has 12 nitrogen and oxygen atoms in total. The van der Waals surface area contributed by atoms with Crippen molar-refractivity contribution in [2.45, 2.75) is 49.9 Å². The first-order valence-corrected chi connectivity index (χ1v) is 13.0. The van der Waals surface area contributed by atoms with Gasteiger partial charge in [-0.1, -0.05) is 12.1 Å². The first-order chi connectivity index (χ1) is 17.0. The topological polar surface area (TPSA) is 208 Å². The molecule has 4 unspecified atom stereocenters. The van der Waals surface area contributed by atoms with E-state index in [0.29, 0.717) is 11.3 Å². The highest BCUT2D eigenvalue weighted by atomic mass is 32.2. The molecule has 0 spiro atoms. The summed E-state index contributed by atoms with van der Waals surface area (Å²) in [5.74, 6) is -4.34. The molecule has 1 aromatic rings. The third-order valence-corrected chi connectivity index (χ3v) is 6.06. The van der Waals surface area contributed by atoms with Crippen molar-refractivity contribution in [1.29, 1.82) is 0 Å². The summed E-state index contributed by atoms with van der Waals surface area (Å²) in [7, 11) is 0. The summed E-state index contributed by atoms with van der Waals surface area (Å²) in [5.41, 5.74) is 6.70. The molecule has 3 amide bonds. The number of aromatic hydroxyl groups is 1. The highest BCUT2D eigenvalue weighted by Crippen LogP contribution is 2.11. The van der Waals surface area contributed by atoms with Crippen LogP contribution in [0.5, 0.6) is 5.75 Å². The lowest BCUT2D eigenvalue weighted by Crippen LogP contribution is -2.58. The van der Waals surface area contributed by atoms with Crippen molar-refractivity contribution in [3.63, 3.8) is 0 Å². The molecule has 200 valence electrons. The van der Waals surface area contributed by atoms with Gasteiger partial charge in [-0.25, -0.2) is 4.79 Å². The van der Waals surface area contributed by atoms with Crippen LogP contribution in [-0.4, -0.2) is 86.9 Å². The summed E-state index contributed by atoms with van der Waals surface area (Å²) >= 11 is 5.49. The molecule has 0 saturated heterocycles. The number of carbonyl (C=O) groups is 5. The number of benzene rings is 1. The standard InChI is InChI=1S/C22H32N4O8S2/c1-36-9-8-15(24-19(30)14(23)10-12-2-4-13(27)5-3-12)20(31)26-17(11-35)21(32)25-16(22(33)34)6-7-18(28)29/h2-5,14-17,27,35H,6-11,23H2,1H3,(H,24,30)(H,25,32)(H,26,31)(H,28,29)(H,33,34). The zero-order valence-electron chi connectivity index (χ0n) is 19.7. The van der Waals surface area contributed by atoms with Crippen molar-refractivity contribution in [2.24, 2.45) is 5.73 Å². The first kappa shape index (κ1) is 31.1. The highest BCUT2D eigenvalue weighted by Gasteiger charge is 2.29. The van der Waals surface area contributed by atoms with Gasteiger partial charge in [-0.15, -0.1) is 0 Å². The largest absolute Gasteiger partial charge is 0.508 e. The average Bonchev–Trinajstić information content (AvgIpc) is 2.83. The predicted octanol–water partition coefficient (Wildman–Crippen LogP) is -0.651. The number of phenolic OH excluding ortho intramolecular Hbond substituents is 1. The molecule has 14 heteroatoms. The number of amides is 3. The van der Waals surface area contributed by atoms with Crippen LogP contribution in [0.1, 0.15) is 24.8 Å². The first-order valence-electron chi connectivity index (χ1n) is 11.0. The molecule has 0 aromatic heterocycles. The summed E-state index contributed by atoms with van der Waals surface area (Å²) in [5, 5.41) is 34.6. The van der Waals surface area contributed by atoms with E-state index < -0.39 is 60.2 Å². The molecule has 0 radical (unpaired) electrons. The van der Waals surface area contributed by atoms with E-state index in [1.54, 1.807) is 12.1 Å². The Bertz CT molecular complexity index is 916. The molecule has 0 aliphatic heterocycles. The number of nitrogens with one attached hydrogen (secondary N) is 3. The third kappa shape index (κ3) is 11.2. The number of thiol groups is 1. The van der Waals surface area contributed by atoms with E-state index in [4.69, 9.17) is 10.8 Å². The Labute approximate surface area is 218 Å². The van der Waals surface area contributed by atoms with E-state index in [9.17, 15) is 34.2 Å². The van der Waals surface area contributed by atoms with Crippen molar-refractivity contribution in [3.05, 3.63) is 29.8 Å². The van der Waals surface area contributed by atoms with E-state index in [2.05, 4.69) is 28.6 Å². The molecule has 0 bridgehead atoms. The monoisotopic (exact) mass is 544 g/mol. The van der Waals surface area contributed by atoms with Crippen LogP contribution in [0, 0.1) is 0 Å². The van der Waals surface area contributed by atoms with Crippen molar-refractivity contribution < 1.29 is 39.3 Å². The summed E-state index contributed by atoms with van der Waals surface area (Å²) in [6, 6.07) is 1.49. The van der Waals surface area contributed by atoms with E-state index >= 15 is 0 Å². The lowest BCUT2D eigenvalue weighted by atomic mass is 10.0. The second-order valence-electron chi connectivity index (χ2n) is 7.90. The number of rotatable bonds is 16. The fourth-order valence-electron chi connectivity index (χ4n) is 3.03. The van der Waals surface area contributed by atoms with Gasteiger partial charge in [0.05, 0.1) is 6.04 Å². The number of aliphatic carboxylic acids is 2. The molecule has 36 heavy (non-hydrogen) atoms. The quantitative estimate of drug-likeness (QED) is 0.123. The number of hydrogen-bond donors (Lipinski definition) is 8. The second kappa shape index (κ2) is 15.9. The van der Waals surface area contributed by atoms with Crippen LogP contribution in [0.3, 0.4) is 0 Å². The molecule has 8 N–H and O–H groups in total. The SMILES string of the molecule is CSCCC(NC(=O)C(N)Cc1ccc(O)cc1)C(=O)NC(CS)C(=O)NC(CCC(=O)O)C(=O)O. The molecule has 1 aromatic carbocycles. The van der Waals surface area contributed by atoms with Gasteiger partial charge < -0.3 is 37.0 Å². The van der Waals surface area contributed by atoms with Crippen LogP contribution < -0.4 is 21.7 Å². The molecule has 1 rings (SSSR count). The van der Waals surface area contributed by atoms with Gasteiger partial charge in [-0.3, -0.25) is 19.2 Å². The van der Waals surface area contributed by atoms with Crippen LogP contribution in [-0.2, 0) is 30.4 Å². The van der Waals surface area contributed by atoms with Gasteiger partial charge in [0.15, 0.2) is 0 Å². The Morgan fingerprint density at radius 3 is 2.00 bits per heavy atom. The van der Waals surface area contributed by atoms with Gasteiger partial charge in [0.1, 0.15) is 23.9 Å². The van der Waals surface area contributed by atoms with Gasteiger partial charge in [0.2, 0.25) is 17.7 Å². The molecule has 0 fully saturated rings. The zero-order chi connectivity index (χ0) is 27.3. The molecular weight excluding hydrogens is 512 g/mol. The van der Waals surface area contributed by atoms with Crippen molar-refractivity contribution >= 4 is 54.1 Å². The Hall–Kier alpha value is -2.97. The van der Waals surface area contributed by atoms with Crippen molar-refractivity contribution in [1.82, 2.24) is 16.0 Å². The molecule has 4 atom stereocenters. The number of thioether (sulfide) groups is 1. The minimum atomic E-state index is -1.46. The maximum atomic E-state index is 12.9. The van der Waals surface area contributed by atoms with Gasteiger partial charge in [-0.05, 0) is 49.0 Å².